The van der Waals surface area contributed by atoms with E-state index in [2.05, 4.69) is 181 Å². The minimum absolute atomic E-state index is 0.104. The first kappa shape index (κ1) is 40.8. The molecule has 0 aliphatic heterocycles. The number of methoxy groups -OCH3 is 2. The van der Waals surface area contributed by atoms with Crippen LogP contribution in [0.5, 0.6) is 11.5 Å². The van der Waals surface area contributed by atoms with Crippen LogP contribution in [0.15, 0.2) is 83.9 Å². The number of benzene rings is 4. The first-order valence-corrected chi connectivity index (χ1v) is 23.7. The molecule has 2 nitrogen and oxygen atoms in total. The van der Waals surface area contributed by atoms with E-state index in [4.69, 9.17) is 9.47 Å². The van der Waals surface area contributed by atoms with Gasteiger partial charge in [0.2, 0.25) is 0 Å². The Morgan fingerprint density at radius 2 is 0.836 bits per heavy atom. The Morgan fingerprint density at radius 1 is 0.509 bits per heavy atom. The largest absolute Gasteiger partial charge is 0.496 e. The van der Waals surface area contributed by atoms with E-state index in [0.29, 0.717) is 11.1 Å². The van der Waals surface area contributed by atoms with Crippen molar-refractivity contribution in [2.75, 3.05) is 14.2 Å². The molecule has 2 atom stereocenters. The standard InChI is InChI=1S/C52H68O2Si/c1-49(2,3)31-35-27-37-39(29-41(51(7,8)9)45(53-13)43(37)33-23-19-17-20-24-33)47(35)55(15,16)48-36(32-50(4,5)6)28-38-40(48)30-42(52(10,11)12)46(54-14)44(38)34-25-21-18-22-26-34/h17-30,47-48H,31-32H2,1-16H3. The van der Waals surface area contributed by atoms with Crippen molar-refractivity contribution in [2.45, 2.75) is 131 Å². The van der Waals surface area contributed by atoms with Crippen molar-refractivity contribution >= 4 is 20.2 Å². The monoisotopic (exact) mass is 752 g/mol. The third-order valence-corrected chi connectivity index (χ3v) is 16.2. The Hall–Kier alpha value is -3.82. The van der Waals surface area contributed by atoms with Crippen LogP contribution in [-0.4, -0.2) is 22.3 Å². The second-order valence-corrected chi connectivity index (χ2v) is 26.3. The first-order valence-electron chi connectivity index (χ1n) is 20.5. The predicted molar refractivity (Wildman–Crippen MR) is 241 cm³/mol. The summed E-state index contributed by atoms with van der Waals surface area (Å²) in [4.78, 5) is 0. The summed E-state index contributed by atoms with van der Waals surface area (Å²) in [6.45, 7) is 33.9. The van der Waals surface area contributed by atoms with Gasteiger partial charge in [-0.1, -0.05) is 192 Å². The van der Waals surface area contributed by atoms with Gasteiger partial charge in [0.25, 0.3) is 0 Å². The number of fused-ring (bicyclic) bond motifs is 2. The van der Waals surface area contributed by atoms with E-state index >= 15 is 0 Å². The van der Waals surface area contributed by atoms with Gasteiger partial charge in [-0.2, -0.15) is 0 Å². The maximum Gasteiger partial charge on any atom is 0.131 e. The molecule has 0 fully saturated rings. The summed E-state index contributed by atoms with van der Waals surface area (Å²) >= 11 is 0. The molecule has 0 heterocycles. The van der Waals surface area contributed by atoms with E-state index in [1.54, 1.807) is 11.1 Å². The fourth-order valence-corrected chi connectivity index (χ4v) is 14.6. The van der Waals surface area contributed by atoms with Crippen molar-refractivity contribution in [1.82, 2.24) is 0 Å². The molecule has 2 aliphatic rings. The fraction of sp³-hybridized carbons (Fsp3) is 0.462. The minimum Gasteiger partial charge on any atom is -0.496 e. The molecule has 0 saturated heterocycles. The van der Waals surface area contributed by atoms with Gasteiger partial charge in [0, 0.05) is 33.3 Å². The molecule has 292 valence electrons. The zero-order chi connectivity index (χ0) is 40.5. The summed E-state index contributed by atoms with van der Waals surface area (Å²) in [5.41, 5.74) is 17.1. The number of allylic oxidation sites excluding steroid dienone is 2. The average molecular weight is 753 g/mol. The minimum atomic E-state index is -2.35. The van der Waals surface area contributed by atoms with Crippen molar-refractivity contribution < 1.29 is 9.47 Å². The lowest BCUT2D eigenvalue weighted by molar-refractivity contribution is 0.398. The van der Waals surface area contributed by atoms with Gasteiger partial charge < -0.3 is 9.47 Å². The van der Waals surface area contributed by atoms with Crippen molar-refractivity contribution in [2.24, 2.45) is 10.8 Å². The van der Waals surface area contributed by atoms with Gasteiger partial charge in [0.05, 0.1) is 22.3 Å². The van der Waals surface area contributed by atoms with Crippen LogP contribution < -0.4 is 9.47 Å². The van der Waals surface area contributed by atoms with Gasteiger partial charge >= 0.3 is 0 Å². The van der Waals surface area contributed by atoms with Crippen LogP contribution >= 0.6 is 0 Å². The lowest BCUT2D eigenvalue weighted by atomic mass is 9.81. The Morgan fingerprint density at radius 3 is 1.11 bits per heavy atom. The Kier molecular flexibility index (Phi) is 10.6. The highest BCUT2D eigenvalue weighted by Gasteiger charge is 2.51. The molecule has 0 saturated carbocycles. The Bertz CT molecular complexity index is 1970. The quantitative estimate of drug-likeness (QED) is 0.167. The van der Waals surface area contributed by atoms with Gasteiger partial charge in [-0.05, 0) is 67.9 Å². The van der Waals surface area contributed by atoms with Crippen molar-refractivity contribution in [1.29, 1.82) is 0 Å². The molecule has 0 bridgehead atoms. The molecule has 2 aliphatic carbocycles. The van der Waals surface area contributed by atoms with E-state index in [1.807, 2.05) is 14.2 Å². The van der Waals surface area contributed by atoms with Gasteiger partial charge in [-0.25, -0.2) is 0 Å². The van der Waals surface area contributed by atoms with Crippen LogP contribution in [0, 0.1) is 10.8 Å². The van der Waals surface area contributed by atoms with Gasteiger partial charge in [0.1, 0.15) is 11.5 Å². The summed E-state index contributed by atoms with van der Waals surface area (Å²) in [5.74, 6) is 2.02. The van der Waals surface area contributed by atoms with Gasteiger partial charge in [-0.3, -0.25) is 0 Å². The van der Waals surface area contributed by atoms with E-state index in [0.717, 1.165) is 24.3 Å². The Balaban J connectivity index is 1.71. The third-order valence-electron chi connectivity index (χ3n) is 11.8. The van der Waals surface area contributed by atoms with E-state index in [-0.39, 0.29) is 21.7 Å². The number of ether oxygens (including phenoxy) is 2. The highest BCUT2D eigenvalue weighted by atomic mass is 28.3. The van der Waals surface area contributed by atoms with Crippen LogP contribution in [0.3, 0.4) is 0 Å². The van der Waals surface area contributed by atoms with Crippen LogP contribution in [0.2, 0.25) is 13.1 Å². The Labute approximate surface area is 335 Å². The highest BCUT2D eigenvalue weighted by Crippen LogP contribution is 2.60. The van der Waals surface area contributed by atoms with Crippen molar-refractivity contribution in [3.8, 4) is 33.8 Å². The van der Waals surface area contributed by atoms with E-state index in [9.17, 15) is 0 Å². The zero-order valence-electron chi connectivity index (χ0n) is 37.0. The summed E-state index contributed by atoms with van der Waals surface area (Å²) in [6.07, 6.45) is 7.30. The normalized spacial score (nSPS) is 17.5. The summed E-state index contributed by atoms with van der Waals surface area (Å²) < 4.78 is 12.9. The van der Waals surface area contributed by atoms with E-state index < -0.39 is 8.07 Å². The highest BCUT2D eigenvalue weighted by molar-refractivity contribution is 6.81. The summed E-state index contributed by atoms with van der Waals surface area (Å²) in [6, 6.07) is 27.1. The van der Waals surface area contributed by atoms with Crippen LogP contribution in [0.4, 0.5) is 0 Å². The number of hydrogen-bond donors (Lipinski definition) is 0. The molecular weight excluding hydrogens is 685 g/mol. The zero-order valence-corrected chi connectivity index (χ0v) is 38.0. The molecular formula is C52H68O2Si. The number of hydrogen-bond acceptors (Lipinski definition) is 2. The molecule has 3 heteroatoms. The smallest absolute Gasteiger partial charge is 0.131 e. The summed E-state index contributed by atoms with van der Waals surface area (Å²) in [7, 11) is 1.37. The predicted octanol–water partition coefficient (Wildman–Crippen LogP) is 15.0. The summed E-state index contributed by atoms with van der Waals surface area (Å²) in [5, 5.41) is 0. The SMILES string of the molecule is COc1c(C(C)(C)C)cc2c(c1-c1ccccc1)C=C(CC(C)(C)C)C2[Si](C)(C)C1C(CC(C)(C)C)=Cc2c1cc(C(C)(C)C)c(OC)c2-c1ccccc1. The molecule has 0 aromatic heterocycles. The molecule has 6 rings (SSSR count). The van der Waals surface area contributed by atoms with Crippen molar-refractivity contribution in [3.05, 3.63) is 117 Å². The third kappa shape index (κ3) is 7.80. The second-order valence-electron chi connectivity index (χ2n) is 21.5. The molecule has 4 aromatic rings. The fourth-order valence-electron chi connectivity index (χ4n) is 9.90. The molecule has 4 aromatic carbocycles. The average Bonchev–Trinajstić information content (AvgIpc) is 3.62. The number of rotatable bonds is 8. The second kappa shape index (κ2) is 14.3. The molecule has 0 radical (unpaired) electrons. The molecule has 55 heavy (non-hydrogen) atoms. The van der Waals surface area contributed by atoms with E-state index in [1.165, 1.54) is 55.6 Å². The van der Waals surface area contributed by atoms with Gasteiger partial charge in [0.15, 0.2) is 0 Å². The molecule has 0 amide bonds. The lowest BCUT2D eigenvalue weighted by Crippen LogP contribution is -2.44. The van der Waals surface area contributed by atoms with Crippen LogP contribution in [0.25, 0.3) is 34.4 Å². The lowest BCUT2D eigenvalue weighted by Gasteiger charge is -2.43. The van der Waals surface area contributed by atoms with Gasteiger partial charge in [-0.15, -0.1) is 0 Å². The maximum absolute atomic E-state index is 6.44. The maximum atomic E-state index is 6.44. The van der Waals surface area contributed by atoms with Crippen LogP contribution in [0.1, 0.15) is 140 Å². The van der Waals surface area contributed by atoms with Crippen LogP contribution in [-0.2, 0) is 10.8 Å². The topological polar surface area (TPSA) is 18.5 Å². The first-order chi connectivity index (χ1) is 25.5. The van der Waals surface area contributed by atoms with Crippen molar-refractivity contribution in [3.63, 3.8) is 0 Å². The molecule has 0 spiro atoms. The molecule has 0 N–H and O–H groups in total. The molecule has 2 unspecified atom stereocenters.